The molecule has 0 saturated heterocycles. The predicted molar refractivity (Wildman–Crippen MR) is 73.0 cm³/mol. The highest BCUT2D eigenvalue weighted by Crippen LogP contribution is 2.24. The molecule has 1 atom stereocenters. The maximum Gasteiger partial charge on any atom is 0.337 e. The number of hydrogen-bond donors (Lipinski definition) is 1. The van der Waals surface area contributed by atoms with Crippen LogP contribution in [0.15, 0.2) is 48.6 Å². The monoisotopic (exact) mass is 277 g/mol. The van der Waals surface area contributed by atoms with Gasteiger partial charge in [0.15, 0.2) is 0 Å². The van der Waals surface area contributed by atoms with Crippen LogP contribution in [0.5, 0.6) is 0 Å². The van der Waals surface area contributed by atoms with Gasteiger partial charge in [0.2, 0.25) is 0 Å². The first kappa shape index (κ1) is 15.6. The number of allylic oxidation sites excluding steroid dienone is 2. The number of hydrogen-bond acceptors (Lipinski definition) is 5. The number of ether oxygens (including phenoxy) is 1. The van der Waals surface area contributed by atoms with E-state index in [1.165, 1.54) is 36.4 Å². The molecule has 0 amide bonds. The highest BCUT2D eigenvalue weighted by atomic mass is 16.6. The lowest BCUT2D eigenvalue weighted by Crippen LogP contribution is -2.14. The predicted octanol–water partition coefficient (Wildman–Crippen LogP) is 2.30. The first-order valence-electron chi connectivity index (χ1n) is 5.93. The number of carbonyl (C=O) groups is 1. The van der Waals surface area contributed by atoms with E-state index in [1.807, 2.05) is 0 Å². The van der Waals surface area contributed by atoms with E-state index < -0.39 is 17.0 Å². The van der Waals surface area contributed by atoms with Gasteiger partial charge in [-0.25, -0.2) is 4.79 Å². The van der Waals surface area contributed by atoms with Gasteiger partial charge in [-0.2, -0.15) is 0 Å². The summed E-state index contributed by atoms with van der Waals surface area (Å²) in [5.41, 5.74) is 0.291. The summed E-state index contributed by atoms with van der Waals surface area (Å²) in [7, 11) is 0. The fourth-order valence-corrected chi connectivity index (χ4v) is 1.57. The van der Waals surface area contributed by atoms with Crippen LogP contribution in [-0.2, 0) is 9.53 Å². The molecule has 0 fully saturated rings. The van der Waals surface area contributed by atoms with E-state index in [9.17, 15) is 20.0 Å². The Bertz CT molecular complexity index is 533. The van der Waals surface area contributed by atoms with Crippen LogP contribution in [0.2, 0.25) is 0 Å². The van der Waals surface area contributed by atoms with Crippen LogP contribution >= 0.6 is 0 Å². The van der Waals surface area contributed by atoms with Crippen molar-refractivity contribution in [1.82, 2.24) is 0 Å². The number of non-ortho nitro benzene ring substituents is 1. The number of esters is 1. The standard InChI is InChI=1S/C14H15NO5/c1-3-5-12(14(17)20-4-2)13(16)10-6-8-11(9-7-10)15(18)19/h3,5-9,13,16H,1,4H2,2H3/b12-5+. The summed E-state index contributed by atoms with van der Waals surface area (Å²) in [5, 5.41) is 20.7. The fraction of sp³-hybridized carbons (Fsp3) is 0.214. The molecule has 20 heavy (non-hydrogen) atoms. The van der Waals surface area contributed by atoms with E-state index in [0.717, 1.165) is 0 Å². The molecule has 1 unspecified atom stereocenters. The second-order valence-electron chi connectivity index (χ2n) is 3.83. The van der Waals surface area contributed by atoms with Gasteiger partial charge in [-0.1, -0.05) is 12.7 Å². The number of nitrogens with zero attached hydrogens (tertiary/aromatic N) is 1. The molecular formula is C14H15NO5. The number of nitro benzene ring substituents is 1. The number of benzene rings is 1. The summed E-state index contributed by atoms with van der Waals surface area (Å²) >= 11 is 0. The summed E-state index contributed by atoms with van der Waals surface area (Å²) in [6, 6.07) is 5.29. The Morgan fingerprint density at radius 2 is 2.10 bits per heavy atom. The van der Waals surface area contributed by atoms with E-state index in [1.54, 1.807) is 6.92 Å². The molecule has 6 heteroatoms. The Hall–Kier alpha value is -2.47. The molecule has 0 aliphatic carbocycles. The summed E-state index contributed by atoms with van der Waals surface area (Å²) in [6.45, 7) is 5.31. The van der Waals surface area contributed by atoms with Crippen molar-refractivity contribution < 1.29 is 19.6 Å². The lowest BCUT2D eigenvalue weighted by atomic mass is 10.0. The molecule has 1 rings (SSSR count). The Kier molecular flexibility index (Phi) is 5.61. The Morgan fingerprint density at radius 3 is 2.55 bits per heavy atom. The highest BCUT2D eigenvalue weighted by Gasteiger charge is 2.21. The third-order valence-corrected chi connectivity index (χ3v) is 2.52. The molecule has 0 saturated carbocycles. The number of aliphatic hydroxyl groups is 1. The van der Waals surface area contributed by atoms with Crippen molar-refractivity contribution >= 4 is 11.7 Å². The first-order valence-corrected chi connectivity index (χ1v) is 5.93. The molecule has 0 bridgehead atoms. The van der Waals surface area contributed by atoms with Gasteiger partial charge in [-0.3, -0.25) is 10.1 Å². The lowest BCUT2D eigenvalue weighted by Gasteiger charge is -2.13. The fourth-order valence-electron chi connectivity index (χ4n) is 1.57. The summed E-state index contributed by atoms with van der Waals surface area (Å²) in [6.07, 6.45) is 1.48. The minimum Gasteiger partial charge on any atom is -0.463 e. The quantitative estimate of drug-likeness (QED) is 0.283. The van der Waals surface area contributed by atoms with Crippen LogP contribution in [0.4, 0.5) is 5.69 Å². The second-order valence-corrected chi connectivity index (χ2v) is 3.83. The van der Waals surface area contributed by atoms with Gasteiger partial charge in [-0.15, -0.1) is 0 Å². The van der Waals surface area contributed by atoms with Crippen LogP contribution in [0.3, 0.4) is 0 Å². The largest absolute Gasteiger partial charge is 0.463 e. The van der Waals surface area contributed by atoms with Gasteiger partial charge in [0.25, 0.3) is 5.69 Å². The summed E-state index contributed by atoms with van der Waals surface area (Å²) in [5.74, 6) is -0.654. The Balaban J connectivity index is 3.03. The summed E-state index contributed by atoms with van der Waals surface area (Å²) < 4.78 is 4.84. The molecule has 0 spiro atoms. The van der Waals surface area contributed by atoms with Crippen molar-refractivity contribution in [2.24, 2.45) is 0 Å². The topological polar surface area (TPSA) is 89.7 Å². The molecule has 0 aliphatic heterocycles. The van der Waals surface area contributed by atoms with Gasteiger partial charge < -0.3 is 9.84 Å². The van der Waals surface area contributed by atoms with Gasteiger partial charge in [-0.05, 0) is 30.7 Å². The SMILES string of the molecule is C=C/C=C(/C(=O)OCC)C(O)c1ccc([N+](=O)[O-])cc1. The van der Waals surface area contributed by atoms with Crippen LogP contribution in [-0.4, -0.2) is 22.6 Å². The molecule has 1 aromatic rings. The first-order chi connectivity index (χ1) is 9.51. The molecular weight excluding hydrogens is 262 g/mol. The third-order valence-electron chi connectivity index (χ3n) is 2.52. The van der Waals surface area contributed by atoms with E-state index in [2.05, 4.69) is 6.58 Å². The van der Waals surface area contributed by atoms with Crippen molar-refractivity contribution in [3.8, 4) is 0 Å². The average Bonchev–Trinajstić information content (AvgIpc) is 2.44. The summed E-state index contributed by atoms with van der Waals surface area (Å²) in [4.78, 5) is 21.7. The third kappa shape index (κ3) is 3.76. The molecule has 0 aliphatic rings. The maximum atomic E-state index is 11.7. The molecule has 0 radical (unpaired) electrons. The highest BCUT2D eigenvalue weighted by molar-refractivity contribution is 5.90. The normalized spacial score (nSPS) is 12.6. The number of carbonyl (C=O) groups excluding carboxylic acids is 1. The van der Waals surface area contributed by atoms with E-state index in [-0.39, 0.29) is 17.9 Å². The number of rotatable bonds is 6. The van der Waals surface area contributed by atoms with Crippen LogP contribution in [0.25, 0.3) is 0 Å². The molecule has 6 nitrogen and oxygen atoms in total. The maximum absolute atomic E-state index is 11.7. The Morgan fingerprint density at radius 1 is 1.50 bits per heavy atom. The molecule has 0 heterocycles. The zero-order valence-corrected chi connectivity index (χ0v) is 11.0. The molecule has 0 aromatic heterocycles. The average molecular weight is 277 g/mol. The van der Waals surface area contributed by atoms with Gasteiger partial charge >= 0.3 is 5.97 Å². The van der Waals surface area contributed by atoms with Crippen molar-refractivity contribution in [1.29, 1.82) is 0 Å². The molecule has 1 N–H and O–H groups in total. The zero-order valence-electron chi connectivity index (χ0n) is 11.0. The van der Waals surface area contributed by atoms with Gasteiger partial charge in [0.05, 0.1) is 17.1 Å². The van der Waals surface area contributed by atoms with E-state index in [4.69, 9.17) is 4.74 Å². The van der Waals surface area contributed by atoms with Crippen LogP contribution < -0.4 is 0 Å². The van der Waals surface area contributed by atoms with Crippen molar-refractivity contribution in [2.75, 3.05) is 6.61 Å². The lowest BCUT2D eigenvalue weighted by molar-refractivity contribution is -0.384. The van der Waals surface area contributed by atoms with Crippen LogP contribution in [0, 0.1) is 10.1 Å². The minimum atomic E-state index is -1.23. The van der Waals surface area contributed by atoms with Crippen molar-refractivity contribution in [3.05, 3.63) is 64.2 Å². The van der Waals surface area contributed by atoms with Crippen molar-refractivity contribution in [3.63, 3.8) is 0 Å². The smallest absolute Gasteiger partial charge is 0.337 e. The number of aliphatic hydroxyl groups excluding tert-OH is 1. The zero-order chi connectivity index (χ0) is 15.1. The number of nitro groups is 1. The van der Waals surface area contributed by atoms with E-state index >= 15 is 0 Å². The second kappa shape index (κ2) is 7.20. The molecule has 1 aromatic carbocycles. The van der Waals surface area contributed by atoms with Crippen LogP contribution in [0.1, 0.15) is 18.6 Å². The van der Waals surface area contributed by atoms with Crippen molar-refractivity contribution in [2.45, 2.75) is 13.0 Å². The Labute approximate surface area is 116 Å². The van der Waals surface area contributed by atoms with Gasteiger partial charge in [0, 0.05) is 12.1 Å². The van der Waals surface area contributed by atoms with Gasteiger partial charge in [0.1, 0.15) is 6.10 Å². The molecule has 106 valence electrons. The van der Waals surface area contributed by atoms with E-state index in [0.29, 0.717) is 5.56 Å². The minimum absolute atomic E-state index is 0.0238.